The van der Waals surface area contributed by atoms with Crippen LogP contribution in [-0.2, 0) is 0 Å². The lowest BCUT2D eigenvalue weighted by Gasteiger charge is -1.72. The second-order valence-corrected chi connectivity index (χ2v) is 1.82. The third-order valence-electron chi connectivity index (χ3n) is 1.18. The SMILES string of the molecule is C=Cc1nn2cncc2o1. The molecule has 0 aromatic carbocycles. The van der Waals surface area contributed by atoms with Gasteiger partial charge in [0.05, 0.1) is 6.20 Å². The summed E-state index contributed by atoms with van der Waals surface area (Å²) in [7, 11) is 0. The highest BCUT2D eigenvalue weighted by atomic mass is 16.4. The van der Waals surface area contributed by atoms with Gasteiger partial charge in [-0.1, -0.05) is 6.58 Å². The minimum absolute atomic E-state index is 0.511. The van der Waals surface area contributed by atoms with E-state index in [4.69, 9.17) is 4.42 Å². The summed E-state index contributed by atoms with van der Waals surface area (Å²) < 4.78 is 6.68. The van der Waals surface area contributed by atoms with Gasteiger partial charge in [0.25, 0.3) is 0 Å². The van der Waals surface area contributed by atoms with Crippen LogP contribution in [0.25, 0.3) is 11.8 Å². The van der Waals surface area contributed by atoms with Crippen LogP contribution >= 0.6 is 0 Å². The Balaban J connectivity index is 2.78. The van der Waals surface area contributed by atoms with Crippen LogP contribution < -0.4 is 0 Å². The lowest BCUT2D eigenvalue weighted by atomic mass is 10.7. The molecule has 2 rings (SSSR count). The smallest absolute Gasteiger partial charge is 0.242 e. The third-order valence-corrected chi connectivity index (χ3v) is 1.18. The molecule has 2 aromatic heterocycles. The molecule has 0 aliphatic rings. The summed E-state index contributed by atoms with van der Waals surface area (Å²) in [5.41, 5.74) is 0.634. The molecule has 0 saturated heterocycles. The molecule has 0 aliphatic carbocycles. The Kier molecular flexibility index (Phi) is 0.887. The molecule has 0 aliphatic heterocycles. The van der Waals surface area contributed by atoms with Crippen molar-refractivity contribution in [2.24, 2.45) is 0 Å². The normalized spacial score (nSPS) is 10.4. The van der Waals surface area contributed by atoms with Gasteiger partial charge in [0.15, 0.2) is 0 Å². The molecule has 0 atom stereocenters. The molecule has 2 heterocycles. The van der Waals surface area contributed by atoms with E-state index in [1.54, 1.807) is 23.1 Å². The lowest BCUT2D eigenvalue weighted by Crippen LogP contribution is -1.79. The zero-order chi connectivity index (χ0) is 6.97. The van der Waals surface area contributed by atoms with E-state index in [0.717, 1.165) is 0 Å². The predicted molar refractivity (Wildman–Crippen MR) is 35.3 cm³/mol. The summed E-state index contributed by atoms with van der Waals surface area (Å²) in [5, 5.41) is 3.96. The van der Waals surface area contributed by atoms with Crippen molar-refractivity contribution in [1.82, 2.24) is 14.6 Å². The third kappa shape index (κ3) is 0.556. The first kappa shape index (κ1) is 5.22. The lowest BCUT2D eigenvalue weighted by molar-refractivity contribution is 0.588. The summed E-state index contributed by atoms with van der Waals surface area (Å²) >= 11 is 0. The largest absolute Gasteiger partial charge is 0.417 e. The predicted octanol–water partition coefficient (Wildman–Crippen LogP) is 0.965. The summed E-state index contributed by atoms with van der Waals surface area (Å²) in [4.78, 5) is 3.81. The Morgan fingerprint density at radius 3 is 3.30 bits per heavy atom. The molecular formula is C6H5N3O. The Morgan fingerprint density at radius 1 is 1.70 bits per heavy atom. The summed E-state index contributed by atoms with van der Waals surface area (Å²) in [5.74, 6) is 0.511. The van der Waals surface area contributed by atoms with E-state index in [1.165, 1.54) is 0 Å². The monoisotopic (exact) mass is 135 g/mol. The first-order valence-electron chi connectivity index (χ1n) is 2.82. The highest BCUT2D eigenvalue weighted by Crippen LogP contribution is 2.04. The zero-order valence-electron chi connectivity index (χ0n) is 5.19. The molecule has 4 nitrogen and oxygen atoms in total. The van der Waals surface area contributed by atoms with Gasteiger partial charge in [0, 0.05) is 0 Å². The Morgan fingerprint density at radius 2 is 2.60 bits per heavy atom. The molecule has 0 amide bonds. The van der Waals surface area contributed by atoms with Crippen LogP contribution in [0.1, 0.15) is 5.89 Å². The van der Waals surface area contributed by atoms with Crippen LogP contribution in [0.2, 0.25) is 0 Å². The van der Waals surface area contributed by atoms with E-state index in [-0.39, 0.29) is 0 Å². The average molecular weight is 135 g/mol. The Labute approximate surface area is 56.8 Å². The fraction of sp³-hybridized carbons (Fsp3) is 0. The van der Waals surface area contributed by atoms with E-state index in [0.29, 0.717) is 11.6 Å². The van der Waals surface area contributed by atoms with E-state index in [9.17, 15) is 0 Å². The zero-order valence-corrected chi connectivity index (χ0v) is 5.19. The van der Waals surface area contributed by atoms with Crippen molar-refractivity contribution >= 4 is 11.8 Å². The van der Waals surface area contributed by atoms with Crippen LogP contribution in [0.4, 0.5) is 0 Å². The van der Waals surface area contributed by atoms with Crippen LogP contribution in [0.3, 0.4) is 0 Å². The average Bonchev–Trinajstić information content (AvgIpc) is 2.42. The van der Waals surface area contributed by atoms with Gasteiger partial charge in [0.2, 0.25) is 11.6 Å². The molecule has 0 bridgehead atoms. The fourth-order valence-corrected chi connectivity index (χ4v) is 0.741. The molecule has 50 valence electrons. The molecule has 2 aromatic rings. The topological polar surface area (TPSA) is 43.3 Å². The number of fused-ring (bicyclic) bond motifs is 1. The summed E-state index contributed by atoms with van der Waals surface area (Å²) in [6, 6.07) is 0. The highest BCUT2D eigenvalue weighted by Gasteiger charge is 1.99. The van der Waals surface area contributed by atoms with Crippen molar-refractivity contribution in [3.8, 4) is 0 Å². The maximum absolute atomic E-state index is 5.13. The first-order valence-corrected chi connectivity index (χ1v) is 2.82. The van der Waals surface area contributed by atoms with Crippen molar-refractivity contribution in [1.29, 1.82) is 0 Å². The summed E-state index contributed by atoms with van der Waals surface area (Å²) in [6.45, 7) is 3.52. The minimum atomic E-state index is 0.511. The molecule has 0 saturated carbocycles. The molecule has 0 N–H and O–H groups in total. The Bertz CT molecular complexity index is 331. The first-order chi connectivity index (χ1) is 4.90. The van der Waals surface area contributed by atoms with Crippen LogP contribution in [0.15, 0.2) is 23.5 Å². The van der Waals surface area contributed by atoms with Gasteiger partial charge in [-0.15, -0.1) is 5.10 Å². The van der Waals surface area contributed by atoms with Gasteiger partial charge in [-0.3, -0.25) is 0 Å². The maximum atomic E-state index is 5.13. The van der Waals surface area contributed by atoms with Gasteiger partial charge in [-0.25, -0.2) is 4.98 Å². The number of aromatic nitrogens is 3. The van der Waals surface area contributed by atoms with E-state index in [2.05, 4.69) is 16.7 Å². The van der Waals surface area contributed by atoms with Gasteiger partial charge < -0.3 is 4.42 Å². The van der Waals surface area contributed by atoms with Crippen LogP contribution in [-0.4, -0.2) is 14.6 Å². The number of imidazole rings is 1. The summed E-state index contributed by atoms with van der Waals surface area (Å²) in [6.07, 6.45) is 4.72. The van der Waals surface area contributed by atoms with E-state index in [1.807, 2.05) is 0 Å². The fourth-order valence-electron chi connectivity index (χ4n) is 0.741. The minimum Gasteiger partial charge on any atom is -0.417 e. The van der Waals surface area contributed by atoms with Gasteiger partial charge in [-0.2, -0.15) is 4.52 Å². The van der Waals surface area contributed by atoms with Crippen molar-refractivity contribution in [3.63, 3.8) is 0 Å². The molecule has 4 heteroatoms. The van der Waals surface area contributed by atoms with Crippen LogP contribution in [0, 0.1) is 0 Å². The van der Waals surface area contributed by atoms with Crippen molar-refractivity contribution in [2.45, 2.75) is 0 Å². The standard InChI is InChI=1S/C6H5N3O/c1-2-5-8-9-4-7-3-6(9)10-5/h2-4H,1H2. The molecule has 0 fully saturated rings. The van der Waals surface area contributed by atoms with E-state index >= 15 is 0 Å². The van der Waals surface area contributed by atoms with Crippen molar-refractivity contribution in [3.05, 3.63) is 25.0 Å². The van der Waals surface area contributed by atoms with Gasteiger partial charge in [-0.05, 0) is 6.08 Å². The number of nitrogens with zero attached hydrogens (tertiary/aromatic N) is 3. The number of hydrogen-bond donors (Lipinski definition) is 0. The van der Waals surface area contributed by atoms with Crippen molar-refractivity contribution in [2.75, 3.05) is 0 Å². The second-order valence-electron chi connectivity index (χ2n) is 1.82. The molecule has 0 spiro atoms. The molecule has 0 unspecified atom stereocenters. The van der Waals surface area contributed by atoms with Crippen molar-refractivity contribution < 1.29 is 4.42 Å². The van der Waals surface area contributed by atoms with Crippen LogP contribution in [0.5, 0.6) is 0 Å². The molecular weight excluding hydrogens is 130 g/mol. The number of hydrogen-bond acceptors (Lipinski definition) is 3. The van der Waals surface area contributed by atoms with Gasteiger partial charge >= 0.3 is 0 Å². The van der Waals surface area contributed by atoms with E-state index < -0.39 is 0 Å². The molecule has 0 radical (unpaired) electrons. The second kappa shape index (κ2) is 1.70. The quantitative estimate of drug-likeness (QED) is 0.585. The van der Waals surface area contributed by atoms with Gasteiger partial charge in [0.1, 0.15) is 6.33 Å². The highest BCUT2D eigenvalue weighted by molar-refractivity contribution is 5.38. The maximum Gasteiger partial charge on any atom is 0.242 e. The Hall–Kier alpha value is -1.58. The number of rotatable bonds is 1. The molecule has 10 heavy (non-hydrogen) atoms.